The van der Waals surface area contributed by atoms with Crippen molar-refractivity contribution in [3.05, 3.63) is 45.6 Å². The molecule has 1 aliphatic rings. The molecule has 0 bridgehead atoms. The van der Waals surface area contributed by atoms with Crippen LogP contribution in [0.4, 0.5) is 0 Å². The molecular weight excluding hydrogens is 434 g/mol. The van der Waals surface area contributed by atoms with Gasteiger partial charge in [-0.2, -0.15) is 0 Å². The molecule has 0 spiro atoms. The second-order valence-corrected chi connectivity index (χ2v) is 10.2. The molecule has 5 nitrogen and oxygen atoms in total. The SMILES string of the molecule is CC1=NC(C)=C(C(=O)OC(C)(C)C)C(c2ccc(Br)cc2)C1C(=O)OC(C)(C)C. The van der Waals surface area contributed by atoms with Crippen LogP contribution in [-0.2, 0) is 19.1 Å². The van der Waals surface area contributed by atoms with E-state index >= 15 is 0 Å². The molecule has 1 aromatic rings. The zero-order chi connectivity index (χ0) is 22.1. The fourth-order valence-electron chi connectivity index (χ4n) is 3.34. The zero-order valence-corrected chi connectivity index (χ0v) is 20.0. The van der Waals surface area contributed by atoms with Crippen LogP contribution in [0.2, 0.25) is 0 Å². The van der Waals surface area contributed by atoms with E-state index in [1.165, 1.54) is 0 Å². The molecule has 0 aliphatic carbocycles. The molecule has 0 amide bonds. The predicted octanol–water partition coefficient (Wildman–Crippen LogP) is 5.58. The Hall–Kier alpha value is -1.95. The third-order valence-electron chi connectivity index (χ3n) is 4.34. The Kier molecular flexibility index (Phi) is 6.78. The van der Waals surface area contributed by atoms with Crippen molar-refractivity contribution < 1.29 is 19.1 Å². The molecule has 158 valence electrons. The van der Waals surface area contributed by atoms with Gasteiger partial charge in [-0.05, 0) is 73.1 Å². The first kappa shape index (κ1) is 23.3. The number of rotatable bonds is 3. The molecule has 2 atom stereocenters. The van der Waals surface area contributed by atoms with Crippen LogP contribution in [0, 0.1) is 5.92 Å². The molecule has 0 aromatic heterocycles. The van der Waals surface area contributed by atoms with Crippen LogP contribution in [-0.4, -0.2) is 28.9 Å². The second kappa shape index (κ2) is 8.42. The molecule has 2 rings (SSSR count). The lowest BCUT2D eigenvalue weighted by atomic mass is 9.75. The lowest BCUT2D eigenvalue weighted by Crippen LogP contribution is -2.40. The Morgan fingerprint density at radius 2 is 1.45 bits per heavy atom. The Morgan fingerprint density at radius 3 is 1.93 bits per heavy atom. The van der Waals surface area contributed by atoms with Gasteiger partial charge in [0, 0.05) is 21.8 Å². The fourth-order valence-corrected chi connectivity index (χ4v) is 3.60. The maximum atomic E-state index is 13.1. The van der Waals surface area contributed by atoms with Gasteiger partial charge < -0.3 is 9.47 Å². The molecule has 29 heavy (non-hydrogen) atoms. The maximum Gasteiger partial charge on any atom is 0.337 e. The summed E-state index contributed by atoms with van der Waals surface area (Å²) in [5.41, 5.74) is 1.10. The lowest BCUT2D eigenvalue weighted by Gasteiger charge is -2.34. The summed E-state index contributed by atoms with van der Waals surface area (Å²) in [4.78, 5) is 30.8. The maximum absolute atomic E-state index is 13.1. The molecule has 0 fully saturated rings. The van der Waals surface area contributed by atoms with Crippen molar-refractivity contribution in [1.82, 2.24) is 0 Å². The van der Waals surface area contributed by atoms with Crippen molar-refractivity contribution in [1.29, 1.82) is 0 Å². The normalized spacial score (nSPS) is 20.2. The van der Waals surface area contributed by atoms with Gasteiger partial charge in [-0.3, -0.25) is 9.79 Å². The molecular formula is C23H30BrNO4. The van der Waals surface area contributed by atoms with Gasteiger partial charge in [-0.25, -0.2) is 4.79 Å². The van der Waals surface area contributed by atoms with Gasteiger partial charge in [-0.15, -0.1) is 0 Å². The quantitative estimate of drug-likeness (QED) is 0.548. The monoisotopic (exact) mass is 463 g/mol. The number of carbonyl (C=O) groups excluding carboxylic acids is 2. The van der Waals surface area contributed by atoms with Crippen LogP contribution >= 0.6 is 15.9 Å². The van der Waals surface area contributed by atoms with E-state index in [1.54, 1.807) is 13.8 Å². The fraction of sp³-hybridized carbons (Fsp3) is 0.522. The largest absolute Gasteiger partial charge is 0.459 e. The van der Waals surface area contributed by atoms with Crippen molar-refractivity contribution in [2.24, 2.45) is 10.9 Å². The molecule has 1 heterocycles. The van der Waals surface area contributed by atoms with Gasteiger partial charge in [0.1, 0.15) is 17.1 Å². The predicted molar refractivity (Wildman–Crippen MR) is 118 cm³/mol. The highest BCUT2D eigenvalue weighted by molar-refractivity contribution is 9.10. The minimum atomic E-state index is -0.707. The number of halogens is 1. The number of hydrogen-bond acceptors (Lipinski definition) is 5. The van der Waals surface area contributed by atoms with E-state index in [4.69, 9.17) is 9.47 Å². The third kappa shape index (κ3) is 6.01. The molecule has 1 aromatic carbocycles. The Balaban J connectivity index is 2.62. The van der Waals surface area contributed by atoms with Crippen LogP contribution in [0.1, 0.15) is 66.9 Å². The molecule has 6 heteroatoms. The number of benzene rings is 1. The minimum Gasteiger partial charge on any atom is -0.459 e. The first-order chi connectivity index (χ1) is 13.2. The zero-order valence-electron chi connectivity index (χ0n) is 18.4. The van der Waals surface area contributed by atoms with Gasteiger partial charge in [0.05, 0.1) is 5.57 Å². The Morgan fingerprint density at radius 1 is 0.931 bits per heavy atom. The number of hydrogen-bond donors (Lipinski definition) is 0. The molecule has 0 saturated heterocycles. The van der Waals surface area contributed by atoms with E-state index < -0.39 is 35.0 Å². The highest BCUT2D eigenvalue weighted by atomic mass is 79.9. The number of nitrogens with zero attached hydrogens (tertiary/aromatic N) is 1. The van der Waals surface area contributed by atoms with Gasteiger partial charge in [0.15, 0.2) is 0 Å². The summed E-state index contributed by atoms with van der Waals surface area (Å²) in [6, 6.07) is 7.60. The minimum absolute atomic E-state index is 0.392. The Bertz CT molecular complexity index is 854. The summed E-state index contributed by atoms with van der Waals surface area (Å²) in [6.07, 6.45) is 0. The average molecular weight is 464 g/mol. The van der Waals surface area contributed by atoms with Crippen LogP contribution in [0.3, 0.4) is 0 Å². The average Bonchev–Trinajstić information content (AvgIpc) is 2.51. The van der Waals surface area contributed by atoms with Crippen LogP contribution in [0.25, 0.3) is 0 Å². The van der Waals surface area contributed by atoms with E-state index in [-0.39, 0.29) is 0 Å². The molecule has 0 saturated carbocycles. The van der Waals surface area contributed by atoms with Crippen molar-refractivity contribution >= 4 is 33.6 Å². The number of ether oxygens (including phenoxy) is 2. The van der Waals surface area contributed by atoms with Crippen molar-refractivity contribution in [3.8, 4) is 0 Å². The summed E-state index contributed by atoms with van der Waals surface area (Å²) in [5.74, 6) is -2.11. The number of esters is 2. The van der Waals surface area contributed by atoms with Crippen molar-refractivity contribution in [3.63, 3.8) is 0 Å². The van der Waals surface area contributed by atoms with E-state index in [0.29, 0.717) is 17.0 Å². The molecule has 0 N–H and O–H groups in total. The van der Waals surface area contributed by atoms with Crippen LogP contribution < -0.4 is 0 Å². The summed E-state index contributed by atoms with van der Waals surface area (Å²) in [7, 11) is 0. The number of aliphatic imine (C=N–C) groups is 1. The summed E-state index contributed by atoms with van der Waals surface area (Å²) in [6.45, 7) is 14.5. The summed E-state index contributed by atoms with van der Waals surface area (Å²) in [5, 5.41) is 0. The third-order valence-corrected chi connectivity index (χ3v) is 4.87. The second-order valence-electron chi connectivity index (χ2n) is 9.29. The van der Waals surface area contributed by atoms with E-state index in [0.717, 1.165) is 10.0 Å². The van der Waals surface area contributed by atoms with E-state index in [1.807, 2.05) is 65.8 Å². The standard InChI is InChI=1S/C23H30BrNO4/c1-13-17(20(26)28-22(3,4)5)19(15-9-11-16(24)12-10-15)18(14(2)25-13)21(27)29-23(6,7)8/h9-12,17,19H,1-8H3. The first-order valence-electron chi connectivity index (χ1n) is 9.67. The molecule has 0 radical (unpaired) electrons. The van der Waals surface area contributed by atoms with E-state index in [9.17, 15) is 9.59 Å². The Labute approximate surface area is 181 Å². The van der Waals surface area contributed by atoms with Gasteiger partial charge >= 0.3 is 11.9 Å². The highest BCUT2D eigenvalue weighted by Gasteiger charge is 2.43. The van der Waals surface area contributed by atoms with Crippen LogP contribution in [0.15, 0.2) is 45.0 Å². The number of carbonyl (C=O) groups is 2. The lowest BCUT2D eigenvalue weighted by molar-refractivity contribution is -0.158. The van der Waals surface area contributed by atoms with Crippen molar-refractivity contribution in [2.75, 3.05) is 0 Å². The van der Waals surface area contributed by atoms with Gasteiger partial charge in [0.2, 0.25) is 0 Å². The number of allylic oxidation sites excluding steroid dienone is 1. The summed E-state index contributed by atoms with van der Waals surface area (Å²) >= 11 is 3.44. The highest BCUT2D eigenvalue weighted by Crippen LogP contribution is 2.41. The first-order valence-corrected chi connectivity index (χ1v) is 10.5. The van der Waals surface area contributed by atoms with E-state index in [2.05, 4.69) is 20.9 Å². The summed E-state index contributed by atoms with van der Waals surface area (Å²) < 4.78 is 12.3. The van der Waals surface area contributed by atoms with Crippen LogP contribution in [0.5, 0.6) is 0 Å². The van der Waals surface area contributed by atoms with Gasteiger partial charge in [-0.1, -0.05) is 28.1 Å². The molecule has 2 unspecified atom stereocenters. The van der Waals surface area contributed by atoms with Crippen molar-refractivity contribution in [2.45, 2.75) is 72.5 Å². The smallest absolute Gasteiger partial charge is 0.337 e. The topological polar surface area (TPSA) is 65.0 Å². The molecule has 1 aliphatic heterocycles. The van der Waals surface area contributed by atoms with Gasteiger partial charge in [0.25, 0.3) is 0 Å².